The number of rotatable bonds is 5. The number of aromatic nitrogens is 1. The second-order valence-electron chi connectivity index (χ2n) is 6.54. The Labute approximate surface area is 135 Å². The van der Waals surface area contributed by atoms with E-state index in [2.05, 4.69) is 10.3 Å². The van der Waals surface area contributed by atoms with Gasteiger partial charge in [0.15, 0.2) is 0 Å². The summed E-state index contributed by atoms with van der Waals surface area (Å²) in [7, 11) is 0. The molecule has 0 saturated carbocycles. The summed E-state index contributed by atoms with van der Waals surface area (Å²) in [6.45, 7) is 6.19. The molecule has 0 aliphatic carbocycles. The van der Waals surface area contributed by atoms with E-state index in [9.17, 15) is 9.18 Å². The Morgan fingerprint density at radius 2 is 2.00 bits per heavy atom. The van der Waals surface area contributed by atoms with Crippen LogP contribution < -0.4 is 11.1 Å². The van der Waals surface area contributed by atoms with Gasteiger partial charge in [-0.2, -0.15) is 0 Å². The van der Waals surface area contributed by atoms with Gasteiger partial charge < -0.3 is 15.5 Å². The molecule has 0 unspecified atom stereocenters. The molecule has 5 nitrogen and oxygen atoms in total. The minimum absolute atomic E-state index is 0.181. The fourth-order valence-electron chi connectivity index (χ4n) is 1.96. The van der Waals surface area contributed by atoms with Crippen molar-refractivity contribution in [1.29, 1.82) is 0 Å². The minimum Gasteiger partial charge on any atom is -0.444 e. The Bertz CT molecular complexity index is 659. The first-order valence-electron chi connectivity index (χ1n) is 7.51. The molecule has 6 heteroatoms. The number of nitrogens with one attached hydrogen (secondary N) is 1. The van der Waals surface area contributed by atoms with Crippen molar-refractivity contribution in [2.45, 2.75) is 33.2 Å². The normalized spacial score (nSPS) is 12.9. The predicted molar refractivity (Wildman–Crippen MR) is 86.0 cm³/mol. The van der Waals surface area contributed by atoms with Crippen molar-refractivity contribution in [3.63, 3.8) is 0 Å². The van der Waals surface area contributed by atoms with Gasteiger partial charge >= 0.3 is 0 Å². The topological polar surface area (TPSA) is 81.2 Å². The van der Waals surface area contributed by atoms with Gasteiger partial charge in [0.05, 0.1) is 11.7 Å². The molecule has 2 aromatic rings. The van der Waals surface area contributed by atoms with Crippen molar-refractivity contribution in [3.05, 3.63) is 42.0 Å². The molecule has 23 heavy (non-hydrogen) atoms. The lowest BCUT2D eigenvalue weighted by Gasteiger charge is -2.25. The van der Waals surface area contributed by atoms with E-state index in [1.165, 1.54) is 18.4 Å². The number of nitrogens with two attached hydrogens (primary N) is 1. The molecule has 1 atom stereocenters. The number of hydrogen-bond donors (Lipinski definition) is 2. The fourth-order valence-corrected chi connectivity index (χ4v) is 1.96. The van der Waals surface area contributed by atoms with Gasteiger partial charge in [-0.25, -0.2) is 9.37 Å². The van der Waals surface area contributed by atoms with Crippen molar-refractivity contribution in [1.82, 2.24) is 10.3 Å². The highest BCUT2D eigenvalue weighted by atomic mass is 19.1. The van der Waals surface area contributed by atoms with E-state index in [1.54, 1.807) is 12.1 Å². The van der Waals surface area contributed by atoms with Gasteiger partial charge in [0.1, 0.15) is 12.1 Å². The number of carbonyl (C=O) groups excluding carboxylic acids is 1. The second kappa shape index (κ2) is 6.91. The van der Waals surface area contributed by atoms with E-state index in [4.69, 9.17) is 10.2 Å². The molecule has 1 amide bonds. The van der Waals surface area contributed by atoms with E-state index < -0.39 is 6.04 Å². The van der Waals surface area contributed by atoms with Crippen LogP contribution in [0.4, 0.5) is 4.39 Å². The number of benzene rings is 1. The first-order valence-corrected chi connectivity index (χ1v) is 7.51. The third-order valence-corrected chi connectivity index (χ3v) is 3.54. The highest BCUT2D eigenvalue weighted by Gasteiger charge is 2.27. The highest BCUT2D eigenvalue weighted by Crippen LogP contribution is 2.19. The summed E-state index contributed by atoms with van der Waals surface area (Å²) in [5.74, 6) is -0.0594. The summed E-state index contributed by atoms with van der Waals surface area (Å²) in [6.07, 6.45) is 2.07. The lowest BCUT2D eigenvalue weighted by molar-refractivity contribution is -0.124. The Hall–Kier alpha value is -2.21. The van der Waals surface area contributed by atoms with Gasteiger partial charge in [0, 0.05) is 18.5 Å². The fraction of sp³-hybridized carbons (Fsp3) is 0.412. The SMILES string of the molecule is CC(C)(C)[C@H](N)C(=O)NCCc1coc(-c2ccc(F)cc2)n1. The summed E-state index contributed by atoms with van der Waals surface area (Å²) >= 11 is 0. The molecular weight excluding hydrogens is 297 g/mol. The number of halogens is 1. The van der Waals surface area contributed by atoms with Gasteiger partial charge in [-0.15, -0.1) is 0 Å². The second-order valence-corrected chi connectivity index (χ2v) is 6.54. The summed E-state index contributed by atoms with van der Waals surface area (Å²) in [4.78, 5) is 16.3. The van der Waals surface area contributed by atoms with Crippen molar-refractivity contribution in [2.24, 2.45) is 11.1 Å². The first-order chi connectivity index (χ1) is 10.8. The van der Waals surface area contributed by atoms with Crippen LogP contribution in [0.2, 0.25) is 0 Å². The summed E-state index contributed by atoms with van der Waals surface area (Å²) < 4.78 is 18.3. The van der Waals surface area contributed by atoms with Crippen LogP contribution in [0.15, 0.2) is 34.9 Å². The maximum absolute atomic E-state index is 12.9. The average molecular weight is 319 g/mol. The molecule has 0 aliphatic heterocycles. The smallest absolute Gasteiger partial charge is 0.237 e. The van der Waals surface area contributed by atoms with Crippen molar-refractivity contribution >= 4 is 5.91 Å². The summed E-state index contributed by atoms with van der Waals surface area (Å²) in [5.41, 5.74) is 7.03. The molecule has 2 rings (SSSR count). The molecule has 1 aromatic heterocycles. The van der Waals surface area contributed by atoms with Crippen molar-refractivity contribution in [3.8, 4) is 11.5 Å². The Morgan fingerprint density at radius 1 is 1.35 bits per heavy atom. The van der Waals surface area contributed by atoms with Crippen LogP contribution in [0.5, 0.6) is 0 Å². The van der Waals surface area contributed by atoms with Crippen LogP contribution in [0.3, 0.4) is 0 Å². The predicted octanol–water partition coefficient (Wildman–Crippen LogP) is 2.51. The van der Waals surface area contributed by atoms with Crippen molar-refractivity contribution in [2.75, 3.05) is 6.54 Å². The zero-order chi connectivity index (χ0) is 17.0. The molecule has 124 valence electrons. The molecule has 0 spiro atoms. The zero-order valence-electron chi connectivity index (χ0n) is 13.6. The van der Waals surface area contributed by atoms with Crippen LogP contribution in [0, 0.1) is 11.2 Å². The Balaban J connectivity index is 1.88. The molecule has 0 saturated heterocycles. The monoisotopic (exact) mass is 319 g/mol. The standard InChI is InChI=1S/C17H22FN3O2/c1-17(2,3)14(19)15(22)20-9-8-13-10-23-16(21-13)11-4-6-12(18)7-5-11/h4-7,10,14H,8-9,19H2,1-3H3,(H,20,22)/t14-/m1/s1. The van der Waals surface area contributed by atoms with Crippen LogP contribution in [-0.2, 0) is 11.2 Å². The number of hydrogen-bond acceptors (Lipinski definition) is 4. The number of amides is 1. The molecule has 1 aromatic carbocycles. The van der Waals surface area contributed by atoms with Gasteiger partial charge in [0.2, 0.25) is 11.8 Å². The van der Waals surface area contributed by atoms with Crippen molar-refractivity contribution < 1.29 is 13.6 Å². The zero-order valence-corrected chi connectivity index (χ0v) is 13.6. The van der Waals surface area contributed by atoms with Crippen LogP contribution in [0.25, 0.3) is 11.5 Å². The number of carbonyl (C=O) groups is 1. The summed E-state index contributed by atoms with van der Waals surface area (Å²) in [6, 6.07) is 5.36. The van der Waals surface area contributed by atoms with Gasteiger partial charge in [-0.05, 0) is 29.7 Å². The minimum atomic E-state index is -0.561. The lowest BCUT2D eigenvalue weighted by atomic mass is 9.87. The van der Waals surface area contributed by atoms with E-state index in [0.717, 1.165) is 0 Å². The third-order valence-electron chi connectivity index (χ3n) is 3.54. The molecule has 3 N–H and O–H groups in total. The Morgan fingerprint density at radius 3 is 2.61 bits per heavy atom. The highest BCUT2D eigenvalue weighted by molar-refractivity contribution is 5.82. The number of oxazole rings is 1. The third kappa shape index (κ3) is 4.63. The average Bonchev–Trinajstić information content (AvgIpc) is 2.95. The van der Waals surface area contributed by atoms with Gasteiger partial charge in [-0.3, -0.25) is 4.79 Å². The van der Waals surface area contributed by atoms with Crippen LogP contribution in [-0.4, -0.2) is 23.5 Å². The van der Waals surface area contributed by atoms with E-state index in [0.29, 0.717) is 30.1 Å². The van der Waals surface area contributed by atoms with E-state index in [1.807, 2.05) is 20.8 Å². The maximum Gasteiger partial charge on any atom is 0.237 e. The molecular formula is C17H22FN3O2. The lowest BCUT2D eigenvalue weighted by Crippen LogP contribution is -2.49. The van der Waals surface area contributed by atoms with Gasteiger partial charge in [0.25, 0.3) is 0 Å². The quantitative estimate of drug-likeness (QED) is 0.887. The number of nitrogens with zero attached hydrogens (tertiary/aromatic N) is 1. The molecule has 0 fully saturated rings. The first kappa shape index (κ1) is 17.1. The van der Waals surface area contributed by atoms with E-state index >= 15 is 0 Å². The maximum atomic E-state index is 12.9. The Kier molecular flexibility index (Phi) is 5.15. The van der Waals surface area contributed by atoms with Crippen LogP contribution in [0.1, 0.15) is 26.5 Å². The largest absolute Gasteiger partial charge is 0.444 e. The molecule has 1 heterocycles. The molecule has 0 aliphatic rings. The van der Waals surface area contributed by atoms with Crippen LogP contribution >= 0.6 is 0 Å². The summed E-state index contributed by atoms with van der Waals surface area (Å²) in [5, 5.41) is 2.80. The van der Waals surface area contributed by atoms with Gasteiger partial charge in [-0.1, -0.05) is 20.8 Å². The van der Waals surface area contributed by atoms with E-state index in [-0.39, 0.29) is 17.1 Å². The molecule has 0 radical (unpaired) electrons. The molecule has 0 bridgehead atoms.